The van der Waals surface area contributed by atoms with Gasteiger partial charge in [-0.25, -0.2) is 9.97 Å². The fourth-order valence-corrected chi connectivity index (χ4v) is 6.23. The molecule has 2 saturated heterocycles. The summed E-state index contributed by atoms with van der Waals surface area (Å²) >= 11 is 0. The molecule has 0 aliphatic carbocycles. The maximum Gasteiger partial charge on any atom is 0.298 e. The van der Waals surface area contributed by atoms with Gasteiger partial charge in [0.25, 0.3) is 11.7 Å². The molecule has 11 nitrogen and oxygen atoms in total. The molecule has 1 atom stereocenters. The first-order valence-corrected chi connectivity index (χ1v) is 15.0. The predicted octanol–water partition coefficient (Wildman–Crippen LogP) is 3.54. The Morgan fingerprint density at radius 2 is 1.70 bits per heavy atom. The van der Waals surface area contributed by atoms with Crippen LogP contribution in [0, 0.1) is 6.92 Å². The van der Waals surface area contributed by atoms with Crippen LogP contribution in [0.2, 0.25) is 0 Å². The number of piperazine rings is 1. The fraction of sp³-hybridized carbons (Fsp3) is 0.333. The predicted molar refractivity (Wildman–Crippen MR) is 169 cm³/mol. The molecule has 11 heteroatoms. The second kappa shape index (κ2) is 11.6. The highest BCUT2D eigenvalue weighted by Gasteiger charge is 2.34. The Bertz CT molecular complexity index is 1680. The molecule has 0 radical (unpaired) electrons. The highest BCUT2D eigenvalue weighted by Crippen LogP contribution is 2.38. The second-order valence-electron chi connectivity index (χ2n) is 11.4. The summed E-state index contributed by atoms with van der Waals surface area (Å²) in [6, 6.07) is 17.3. The summed E-state index contributed by atoms with van der Waals surface area (Å²) in [5.41, 5.74) is 5.39. The Morgan fingerprint density at radius 1 is 0.932 bits per heavy atom. The highest BCUT2D eigenvalue weighted by atomic mass is 16.5. The lowest BCUT2D eigenvalue weighted by molar-refractivity contribution is -0.112. The first kappa shape index (κ1) is 27.9. The molecule has 2 aromatic carbocycles. The summed E-state index contributed by atoms with van der Waals surface area (Å²) in [5.74, 6) is 0.129. The summed E-state index contributed by atoms with van der Waals surface area (Å²) in [6.45, 7) is 7.87. The number of rotatable bonds is 6. The molecule has 226 valence electrons. The average molecular weight is 594 g/mol. The number of benzene rings is 2. The lowest BCUT2D eigenvalue weighted by Gasteiger charge is -2.45. The van der Waals surface area contributed by atoms with E-state index in [-0.39, 0.29) is 6.04 Å². The number of carbonyl (C=O) groups excluding carboxylic acids is 2. The van der Waals surface area contributed by atoms with Gasteiger partial charge in [0.1, 0.15) is 18.1 Å². The van der Waals surface area contributed by atoms with Crippen molar-refractivity contribution >= 4 is 34.7 Å². The van der Waals surface area contributed by atoms with Crippen LogP contribution in [-0.2, 0) is 16.6 Å². The number of ether oxygens (including phenoxy) is 2. The largest absolute Gasteiger partial charge is 0.489 e. The van der Waals surface area contributed by atoms with Gasteiger partial charge in [0.2, 0.25) is 5.95 Å². The molecule has 44 heavy (non-hydrogen) atoms. The van der Waals surface area contributed by atoms with Crippen molar-refractivity contribution < 1.29 is 19.1 Å². The van der Waals surface area contributed by atoms with Gasteiger partial charge in [-0.15, -0.1) is 0 Å². The molecular weight excluding hydrogens is 558 g/mol. The molecule has 7 rings (SSSR count). The van der Waals surface area contributed by atoms with Crippen LogP contribution in [0.5, 0.6) is 5.75 Å². The van der Waals surface area contributed by atoms with Crippen LogP contribution in [0.4, 0.5) is 23.0 Å². The first-order valence-electron chi connectivity index (χ1n) is 15.0. The quantitative estimate of drug-likeness (QED) is 0.266. The van der Waals surface area contributed by atoms with E-state index in [1.165, 1.54) is 0 Å². The van der Waals surface area contributed by atoms with Gasteiger partial charge in [-0.1, -0.05) is 30.3 Å². The number of ketones is 1. The van der Waals surface area contributed by atoms with Gasteiger partial charge in [0, 0.05) is 62.8 Å². The third-order valence-electron chi connectivity index (χ3n) is 8.70. The molecular formula is C33H35N7O4. The average Bonchev–Trinajstić information content (AvgIpc) is 3.38. The van der Waals surface area contributed by atoms with Crippen LogP contribution in [0.1, 0.15) is 16.2 Å². The summed E-state index contributed by atoms with van der Waals surface area (Å²) in [7, 11) is 1.80. The number of Topliss-reactive ketones (excluding diaryl/α,β-unsaturated/α-hetero) is 1. The number of nitrogens with one attached hydrogen (secondary N) is 1. The van der Waals surface area contributed by atoms with E-state index < -0.39 is 11.7 Å². The van der Waals surface area contributed by atoms with E-state index in [0.29, 0.717) is 23.7 Å². The Hall–Kier alpha value is -4.90. The lowest BCUT2D eigenvalue weighted by Crippen LogP contribution is -2.57. The van der Waals surface area contributed by atoms with Gasteiger partial charge in [-0.2, -0.15) is 0 Å². The van der Waals surface area contributed by atoms with Crippen LogP contribution in [0.15, 0.2) is 67.0 Å². The summed E-state index contributed by atoms with van der Waals surface area (Å²) in [5, 5.41) is 2.80. The number of hydrogen-bond donors (Lipinski definition) is 1. The number of aromatic nitrogens is 3. The molecule has 0 spiro atoms. The molecule has 1 amide bonds. The molecule has 0 bridgehead atoms. The van der Waals surface area contributed by atoms with Crippen LogP contribution in [-0.4, -0.2) is 84.8 Å². The molecule has 0 unspecified atom stereocenters. The Morgan fingerprint density at radius 3 is 2.48 bits per heavy atom. The molecule has 1 N–H and O–H groups in total. The minimum atomic E-state index is -0.690. The Labute approximate surface area is 256 Å². The van der Waals surface area contributed by atoms with Crippen LogP contribution in [0.3, 0.4) is 0 Å². The number of nitrogens with zero attached hydrogens (tertiary/aromatic N) is 6. The maximum atomic E-state index is 13.4. The van der Waals surface area contributed by atoms with E-state index in [1.54, 1.807) is 17.7 Å². The SMILES string of the molecule is Cc1cc(-c2ccccc2)c(C(=O)C(=O)Nc2ccc3c(c2)OC[C@H]2CN(c4ncc(N5CCOCC5)cn4)CCN32)n1C. The van der Waals surface area contributed by atoms with E-state index in [4.69, 9.17) is 9.47 Å². The summed E-state index contributed by atoms with van der Waals surface area (Å²) in [6.07, 6.45) is 3.80. The zero-order chi connectivity index (χ0) is 30.2. The van der Waals surface area contributed by atoms with Gasteiger partial charge in [-0.3, -0.25) is 9.59 Å². The van der Waals surface area contributed by atoms with Crippen molar-refractivity contribution in [2.45, 2.75) is 13.0 Å². The van der Waals surface area contributed by atoms with Crippen LogP contribution in [0.25, 0.3) is 11.1 Å². The normalized spacial score (nSPS) is 17.9. The van der Waals surface area contributed by atoms with E-state index in [1.807, 2.05) is 67.8 Å². The number of aryl methyl sites for hydroxylation is 1. The number of amides is 1. The van der Waals surface area contributed by atoms with Gasteiger partial charge in [0.15, 0.2) is 0 Å². The van der Waals surface area contributed by atoms with E-state index in [9.17, 15) is 9.59 Å². The van der Waals surface area contributed by atoms with E-state index in [2.05, 4.69) is 30.0 Å². The van der Waals surface area contributed by atoms with Crippen molar-refractivity contribution in [3.63, 3.8) is 0 Å². The molecule has 0 saturated carbocycles. The number of morpholine rings is 1. The van der Waals surface area contributed by atoms with Crippen molar-refractivity contribution in [2.75, 3.05) is 72.6 Å². The van der Waals surface area contributed by atoms with E-state index >= 15 is 0 Å². The number of fused-ring (bicyclic) bond motifs is 3. The standard InChI is InChI=1S/C33H35N7O4/c1-22-16-27(23-6-4-3-5-7-23)30(37(22)2)31(41)32(42)36-24-8-9-28-29(17-24)44-21-26-20-39(10-11-40(26)28)33-34-18-25(19-35-33)38-12-14-43-15-13-38/h3-9,16-19,26H,10-15,20-21H2,1-2H3,(H,36,42)/t26-/m1/s1. The van der Waals surface area contributed by atoms with Crippen molar-refractivity contribution in [1.82, 2.24) is 14.5 Å². The highest BCUT2D eigenvalue weighted by molar-refractivity contribution is 6.47. The lowest BCUT2D eigenvalue weighted by atomic mass is 10.0. The van der Waals surface area contributed by atoms with Gasteiger partial charge in [-0.05, 0) is 30.7 Å². The Kier molecular flexibility index (Phi) is 7.39. The third-order valence-corrected chi connectivity index (χ3v) is 8.70. The molecule has 4 aromatic rings. The zero-order valence-corrected chi connectivity index (χ0v) is 24.9. The summed E-state index contributed by atoms with van der Waals surface area (Å²) < 4.78 is 13.4. The van der Waals surface area contributed by atoms with Crippen LogP contribution >= 0.6 is 0 Å². The summed E-state index contributed by atoms with van der Waals surface area (Å²) in [4.78, 5) is 42.7. The minimum Gasteiger partial charge on any atom is -0.489 e. The number of anilines is 4. The smallest absolute Gasteiger partial charge is 0.298 e. The van der Waals surface area contributed by atoms with Crippen LogP contribution < -0.4 is 24.8 Å². The maximum absolute atomic E-state index is 13.4. The van der Waals surface area contributed by atoms with E-state index in [0.717, 1.165) is 80.1 Å². The van der Waals surface area contributed by atoms with Gasteiger partial charge in [0.05, 0.1) is 43.0 Å². The monoisotopic (exact) mass is 593 g/mol. The van der Waals surface area contributed by atoms with Crippen molar-refractivity contribution in [1.29, 1.82) is 0 Å². The number of hydrogen-bond acceptors (Lipinski definition) is 9. The second-order valence-corrected chi connectivity index (χ2v) is 11.4. The van der Waals surface area contributed by atoms with Gasteiger partial charge >= 0.3 is 0 Å². The first-order chi connectivity index (χ1) is 21.5. The zero-order valence-electron chi connectivity index (χ0n) is 24.9. The third kappa shape index (κ3) is 5.24. The molecule has 3 aliphatic heterocycles. The van der Waals surface area contributed by atoms with Gasteiger partial charge < -0.3 is 34.1 Å². The molecule has 5 heterocycles. The minimum absolute atomic E-state index is 0.137. The molecule has 3 aliphatic rings. The fourth-order valence-electron chi connectivity index (χ4n) is 6.23. The Balaban J connectivity index is 1.02. The van der Waals surface area contributed by atoms with Crippen molar-refractivity contribution in [3.05, 3.63) is 78.4 Å². The molecule has 2 fully saturated rings. The van der Waals surface area contributed by atoms with Crippen molar-refractivity contribution in [3.8, 4) is 16.9 Å². The number of carbonyl (C=O) groups is 2. The topological polar surface area (TPSA) is 105 Å². The molecule has 2 aromatic heterocycles. The van der Waals surface area contributed by atoms with Crippen molar-refractivity contribution in [2.24, 2.45) is 7.05 Å².